The Morgan fingerprint density at radius 2 is 1.90 bits per heavy atom. The highest BCUT2D eigenvalue weighted by Crippen LogP contribution is 2.10. The van der Waals surface area contributed by atoms with Gasteiger partial charge in [0.15, 0.2) is 0 Å². The number of hydrogen-bond donors (Lipinski definition) is 1. The molecule has 0 aliphatic carbocycles. The van der Waals surface area contributed by atoms with Crippen molar-refractivity contribution >= 4 is 28.5 Å². The highest BCUT2D eigenvalue weighted by Gasteiger charge is 2.21. The van der Waals surface area contributed by atoms with Crippen molar-refractivity contribution in [3.05, 3.63) is 33.4 Å². The molecular weight excluding hydrogens is 379 g/mol. The Labute approximate surface area is 140 Å². The molecule has 5 heteroatoms. The second kappa shape index (κ2) is 8.10. The fourth-order valence-electron chi connectivity index (χ4n) is 2.67. The number of carbonyl (C=O) groups is 1. The van der Waals surface area contributed by atoms with Crippen molar-refractivity contribution in [3.8, 4) is 0 Å². The van der Waals surface area contributed by atoms with E-state index < -0.39 is 0 Å². The molecule has 0 bridgehead atoms. The SMILES string of the molecule is CC1CN(CCCNC(=O)c2ccc(I)cc2)CC(C)O1. The molecule has 0 aromatic heterocycles. The highest BCUT2D eigenvalue weighted by molar-refractivity contribution is 14.1. The molecule has 1 aliphatic rings. The van der Waals surface area contributed by atoms with Crippen molar-refractivity contribution in [2.45, 2.75) is 32.5 Å². The Balaban J connectivity index is 1.67. The molecule has 0 saturated carbocycles. The topological polar surface area (TPSA) is 41.6 Å². The van der Waals surface area contributed by atoms with Crippen molar-refractivity contribution in [1.29, 1.82) is 0 Å². The molecule has 0 spiro atoms. The predicted octanol–water partition coefficient (Wildman–Crippen LogP) is 2.52. The number of amides is 1. The van der Waals surface area contributed by atoms with Crippen LogP contribution in [0.15, 0.2) is 24.3 Å². The van der Waals surface area contributed by atoms with Gasteiger partial charge in [-0.25, -0.2) is 0 Å². The lowest BCUT2D eigenvalue weighted by Gasteiger charge is -2.35. The minimum absolute atomic E-state index is 0.00936. The van der Waals surface area contributed by atoms with Gasteiger partial charge in [0.05, 0.1) is 12.2 Å². The number of nitrogens with one attached hydrogen (secondary N) is 1. The van der Waals surface area contributed by atoms with Gasteiger partial charge in [0, 0.05) is 35.3 Å². The molecule has 1 aromatic carbocycles. The minimum atomic E-state index is 0.00936. The van der Waals surface area contributed by atoms with Crippen LogP contribution in [0.3, 0.4) is 0 Å². The van der Waals surface area contributed by atoms with Crippen molar-refractivity contribution in [3.63, 3.8) is 0 Å². The smallest absolute Gasteiger partial charge is 0.251 e. The van der Waals surface area contributed by atoms with Crippen LogP contribution in [-0.4, -0.2) is 49.2 Å². The molecule has 21 heavy (non-hydrogen) atoms. The number of morpholine rings is 1. The molecule has 1 heterocycles. The van der Waals surface area contributed by atoms with Crippen LogP contribution < -0.4 is 5.32 Å². The molecule has 116 valence electrons. The summed E-state index contributed by atoms with van der Waals surface area (Å²) in [4.78, 5) is 14.4. The van der Waals surface area contributed by atoms with E-state index in [1.54, 1.807) is 0 Å². The molecule has 1 N–H and O–H groups in total. The third-order valence-corrected chi connectivity index (χ3v) is 4.26. The average Bonchev–Trinajstić information content (AvgIpc) is 2.43. The molecule has 1 aliphatic heterocycles. The van der Waals surface area contributed by atoms with Crippen molar-refractivity contribution in [2.75, 3.05) is 26.2 Å². The maximum atomic E-state index is 12.0. The second-order valence-electron chi connectivity index (χ2n) is 5.63. The number of rotatable bonds is 5. The van der Waals surface area contributed by atoms with Gasteiger partial charge < -0.3 is 10.1 Å². The summed E-state index contributed by atoms with van der Waals surface area (Å²) in [5, 5.41) is 2.98. The van der Waals surface area contributed by atoms with Crippen LogP contribution >= 0.6 is 22.6 Å². The third kappa shape index (κ3) is 5.56. The number of hydrogen-bond acceptors (Lipinski definition) is 3. The van der Waals surface area contributed by atoms with Crippen LogP contribution in [0.2, 0.25) is 0 Å². The van der Waals surface area contributed by atoms with Gasteiger partial charge >= 0.3 is 0 Å². The van der Waals surface area contributed by atoms with Crippen LogP contribution in [0, 0.1) is 3.57 Å². The number of carbonyl (C=O) groups excluding carboxylic acids is 1. The molecule has 1 amide bonds. The summed E-state index contributed by atoms with van der Waals surface area (Å²) >= 11 is 2.24. The lowest BCUT2D eigenvalue weighted by atomic mass is 10.2. The molecule has 2 unspecified atom stereocenters. The summed E-state index contributed by atoms with van der Waals surface area (Å²) in [6.45, 7) is 7.91. The monoisotopic (exact) mass is 402 g/mol. The summed E-state index contributed by atoms with van der Waals surface area (Å²) in [5.41, 5.74) is 0.726. The van der Waals surface area contributed by atoms with Gasteiger partial charge in [-0.3, -0.25) is 9.69 Å². The van der Waals surface area contributed by atoms with E-state index in [1.807, 2.05) is 24.3 Å². The Bertz CT molecular complexity index is 454. The first-order valence-electron chi connectivity index (χ1n) is 7.46. The van der Waals surface area contributed by atoms with Crippen LogP contribution in [0.25, 0.3) is 0 Å². The van der Waals surface area contributed by atoms with E-state index in [-0.39, 0.29) is 5.91 Å². The van der Waals surface area contributed by atoms with E-state index in [9.17, 15) is 4.79 Å². The third-order valence-electron chi connectivity index (χ3n) is 3.54. The van der Waals surface area contributed by atoms with E-state index in [4.69, 9.17) is 4.74 Å². The minimum Gasteiger partial charge on any atom is -0.373 e. The molecule has 2 atom stereocenters. The fraction of sp³-hybridized carbons (Fsp3) is 0.562. The lowest BCUT2D eigenvalue weighted by Crippen LogP contribution is -2.46. The van der Waals surface area contributed by atoms with E-state index in [0.717, 1.165) is 35.2 Å². The predicted molar refractivity (Wildman–Crippen MR) is 92.6 cm³/mol. The Morgan fingerprint density at radius 1 is 1.29 bits per heavy atom. The first kappa shape index (κ1) is 16.7. The summed E-state index contributed by atoms with van der Waals surface area (Å²) in [6, 6.07) is 7.63. The van der Waals surface area contributed by atoms with Gasteiger partial charge in [0.2, 0.25) is 0 Å². The van der Waals surface area contributed by atoms with Gasteiger partial charge in [0.25, 0.3) is 5.91 Å². The van der Waals surface area contributed by atoms with Crippen LogP contribution in [-0.2, 0) is 4.74 Å². The molecular formula is C16H23IN2O2. The summed E-state index contributed by atoms with van der Waals surface area (Å²) in [6.07, 6.45) is 1.57. The van der Waals surface area contributed by atoms with Gasteiger partial charge in [-0.2, -0.15) is 0 Å². The van der Waals surface area contributed by atoms with Crippen LogP contribution in [0.1, 0.15) is 30.6 Å². The average molecular weight is 402 g/mol. The number of halogens is 1. The number of benzene rings is 1. The zero-order chi connectivity index (χ0) is 15.2. The first-order chi connectivity index (χ1) is 10.0. The van der Waals surface area contributed by atoms with Crippen LogP contribution in [0.5, 0.6) is 0 Å². The van der Waals surface area contributed by atoms with Gasteiger partial charge in [-0.15, -0.1) is 0 Å². The molecule has 1 fully saturated rings. The quantitative estimate of drug-likeness (QED) is 0.608. The van der Waals surface area contributed by atoms with E-state index in [0.29, 0.717) is 18.8 Å². The van der Waals surface area contributed by atoms with E-state index in [1.165, 1.54) is 0 Å². The zero-order valence-corrected chi connectivity index (χ0v) is 14.8. The molecule has 0 radical (unpaired) electrons. The second-order valence-corrected chi connectivity index (χ2v) is 6.88. The standard InChI is InChI=1S/C16H23IN2O2/c1-12-10-19(11-13(2)21-12)9-3-8-18-16(20)14-4-6-15(17)7-5-14/h4-7,12-13H,3,8-11H2,1-2H3,(H,18,20). The maximum Gasteiger partial charge on any atom is 0.251 e. The first-order valence-corrected chi connectivity index (χ1v) is 8.54. The summed E-state index contributed by atoms with van der Waals surface area (Å²) < 4.78 is 6.85. The van der Waals surface area contributed by atoms with Crippen molar-refractivity contribution in [1.82, 2.24) is 10.2 Å². The van der Waals surface area contributed by atoms with Gasteiger partial charge in [0.1, 0.15) is 0 Å². The molecule has 4 nitrogen and oxygen atoms in total. The highest BCUT2D eigenvalue weighted by atomic mass is 127. The van der Waals surface area contributed by atoms with Gasteiger partial charge in [-0.1, -0.05) is 0 Å². The number of nitrogens with zero attached hydrogens (tertiary/aromatic N) is 1. The molecule has 1 saturated heterocycles. The Morgan fingerprint density at radius 3 is 2.52 bits per heavy atom. The number of ether oxygens (including phenoxy) is 1. The van der Waals surface area contributed by atoms with E-state index >= 15 is 0 Å². The Hall–Kier alpha value is -0.660. The maximum absolute atomic E-state index is 12.0. The largest absolute Gasteiger partial charge is 0.373 e. The molecule has 2 rings (SSSR count). The molecule has 1 aromatic rings. The van der Waals surface area contributed by atoms with Gasteiger partial charge in [-0.05, 0) is 67.1 Å². The van der Waals surface area contributed by atoms with Crippen LogP contribution in [0.4, 0.5) is 0 Å². The zero-order valence-electron chi connectivity index (χ0n) is 12.6. The Kier molecular flexibility index (Phi) is 6.44. The van der Waals surface area contributed by atoms with Crippen molar-refractivity contribution in [2.24, 2.45) is 0 Å². The lowest BCUT2D eigenvalue weighted by molar-refractivity contribution is -0.0679. The van der Waals surface area contributed by atoms with Crippen molar-refractivity contribution < 1.29 is 9.53 Å². The fourth-order valence-corrected chi connectivity index (χ4v) is 3.03. The summed E-state index contributed by atoms with van der Waals surface area (Å²) in [5.74, 6) is 0.00936. The van der Waals surface area contributed by atoms with E-state index in [2.05, 4.69) is 46.7 Å². The summed E-state index contributed by atoms with van der Waals surface area (Å²) in [7, 11) is 0. The normalized spacial score (nSPS) is 23.0.